The molecule has 1 amide bonds. The molecule has 0 heterocycles. The molecule has 5 heteroatoms. The van der Waals surface area contributed by atoms with Gasteiger partial charge in [-0.05, 0) is 5.92 Å². The summed E-state index contributed by atoms with van der Waals surface area (Å²) < 4.78 is 0. The van der Waals surface area contributed by atoms with Crippen molar-refractivity contribution in [1.82, 2.24) is 5.32 Å². The molecule has 4 N–H and O–H groups in total. The second kappa shape index (κ2) is 5.59. The lowest BCUT2D eigenvalue weighted by molar-refractivity contribution is -0.143. The Morgan fingerprint density at radius 1 is 1.36 bits per heavy atom. The van der Waals surface area contributed by atoms with Gasteiger partial charge in [0, 0.05) is 12.5 Å². The van der Waals surface area contributed by atoms with Gasteiger partial charge >= 0.3 is 5.97 Å². The Morgan fingerprint density at radius 2 is 1.86 bits per heavy atom. The maximum Gasteiger partial charge on any atom is 0.326 e. The third-order valence-corrected chi connectivity index (χ3v) is 2.03. The molecule has 0 saturated heterocycles. The van der Waals surface area contributed by atoms with E-state index in [0.717, 1.165) is 0 Å². The van der Waals surface area contributed by atoms with E-state index in [2.05, 4.69) is 5.32 Å². The summed E-state index contributed by atoms with van der Waals surface area (Å²) in [6.45, 7) is 5.36. The number of carboxylic acid groups (broad SMARTS) is 1. The minimum Gasteiger partial charge on any atom is -0.480 e. The minimum absolute atomic E-state index is 0.138. The average Bonchev–Trinajstić information content (AvgIpc) is 2.11. The summed E-state index contributed by atoms with van der Waals surface area (Å²) in [6.07, 6.45) is 0. The first-order chi connectivity index (χ1) is 6.40. The standard InChI is InChI=1S/C9H18N2O3/c1-5(2)7(9(13)14)11-8(12)6(3)4-10/h5-7H,4,10H2,1-3H3,(H,11,12)(H,13,14)/t6?,7-/m1/s1. The number of amides is 1. The second-order valence-electron chi connectivity index (χ2n) is 3.71. The van der Waals surface area contributed by atoms with Crippen LogP contribution in [0.4, 0.5) is 0 Å². The molecule has 0 aromatic rings. The Bertz CT molecular complexity index is 216. The van der Waals surface area contributed by atoms with Crippen molar-refractivity contribution < 1.29 is 14.7 Å². The van der Waals surface area contributed by atoms with Crippen molar-refractivity contribution in [1.29, 1.82) is 0 Å². The van der Waals surface area contributed by atoms with E-state index in [0.29, 0.717) is 0 Å². The van der Waals surface area contributed by atoms with Crippen LogP contribution in [-0.4, -0.2) is 29.6 Å². The minimum atomic E-state index is -1.02. The molecule has 82 valence electrons. The van der Waals surface area contributed by atoms with Crippen LogP contribution in [0.2, 0.25) is 0 Å². The molecule has 0 aromatic carbocycles. The van der Waals surface area contributed by atoms with Crippen LogP contribution in [0.25, 0.3) is 0 Å². The summed E-state index contributed by atoms with van der Waals surface area (Å²) in [5, 5.41) is 11.2. The number of carbonyl (C=O) groups excluding carboxylic acids is 1. The normalized spacial score (nSPS) is 14.9. The topological polar surface area (TPSA) is 92.4 Å². The van der Waals surface area contributed by atoms with E-state index < -0.39 is 12.0 Å². The lowest BCUT2D eigenvalue weighted by Gasteiger charge is -2.19. The van der Waals surface area contributed by atoms with Crippen molar-refractivity contribution in [3.63, 3.8) is 0 Å². The van der Waals surface area contributed by atoms with Crippen molar-refractivity contribution in [3.8, 4) is 0 Å². The fourth-order valence-corrected chi connectivity index (χ4v) is 0.916. The van der Waals surface area contributed by atoms with E-state index in [4.69, 9.17) is 10.8 Å². The largest absolute Gasteiger partial charge is 0.480 e. The maximum atomic E-state index is 11.3. The molecule has 0 aliphatic carbocycles. The molecule has 0 spiro atoms. The van der Waals surface area contributed by atoms with Crippen LogP contribution < -0.4 is 11.1 Å². The molecule has 0 rings (SSSR count). The Balaban J connectivity index is 4.31. The zero-order valence-electron chi connectivity index (χ0n) is 8.78. The van der Waals surface area contributed by atoms with Crippen molar-refractivity contribution >= 4 is 11.9 Å². The predicted octanol–water partition coefficient (Wildman–Crippen LogP) is -0.193. The monoisotopic (exact) mass is 202 g/mol. The van der Waals surface area contributed by atoms with Gasteiger partial charge in [0.2, 0.25) is 5.91 Å². The third kappa shape index (κ3) is 3.74. The van der Waals surface area contributed by atoms with Gasteiger partial charge in [0.1, 0.15) is 6.04 Å². The van der Waals surface area contributed by atoms with Crippen LogP contribution in [0.1, 0.15) is 20.8 Å². The number of nitrogens with two attached hydrogens (primary N) is 1. The lowest BCUT2D eigenvalue weighted by Crippen LogP contribution is -2.47. The van der Waals surface area contributed by atoms with Gasteiger partial charge in [-0.15, -0.1) is 0 Å². The molecule has 0 aliphatic heterocycles. The van der Waals surface area contributed by atoms with E-state index in [9.17, 15) is 9.59 Å². The van der Waals surface area contributed by atoms with Gasteiger partial charge < -0.3 is 16.2 Å². The van der Waals surface area contributed by atoms with E-state index in [1.165, 1.54) is 0 Å². The molecule has 5 nitrogen and oxygen atoms in total. The zero-order valence-corrected chi connectivity index (χ0v) is 8.78. The van der Waals surface area contributed by atoms with E-state index >= 15 is 0 Å². The van der Waals surface area contributed by atoms with Gasteiger partial charge in [0.15, 0.2) is 0 Å². The van der Waals surface area contributed by atoms with Gasteiger partial charge in [-0.2, -0.15) is 0 Å². The SMILES string of the molecule is CC(CN)C(=O)N[C@@H](C(=O)O)C(C)C. The first-order valence-electron chi connectivity index (χ1n) is 4.63. The van der Waals surface area contributed by atoms with Crippen molar-refractivity contribution in [2.24, 2.45) is 17.6 Å². The zero-order chi connectivity index (χ0) is 11.3. The Morgan fingerprint density at radius 3 is 2.14 bits per heavy atom. The summed E-state index contributed by atoms with van der Waals surface area (Å²) in [7, 11) is 0. The molecular formula is C9H18N2O3. The molecule has 0 aromatic heterocycles. The molecule has 0 aliphatic rings. The van der Waals surface area contributed by atoms with Gasteiger partial charge in [0.05, 0.1) is 0 Å². The highest BCUT2D eigenvalue weighted by molar-refractivity contribution is 5.85. The van der Waals surface area contributed by atoms with E-state index in [-0.39, 0.29) is 24.3 Å². The smallest absolute Gasteiger partial charge is 0.326 e. The van der Waals surface area contributed by atoms with Gasteiger partial charge in [-0.3, -0.25) is 4.79 Å². The molecular weight excluding hydrogens is 184 g/mol. The first-order valence-corrected chi connectivity index (χ1v) is 4.63. The number of hydrogen-bond donors (Lipinski definition) is 3. The molecule has 0 saturated carbocycles. The molecule has 0 radical (unpaired) electrons. The highest BCUT2D eigenvalue weighted by atomic mass is 16.4. The second-order valence-corrected chi connectivity index (χ2v) is 3.71. The summed E-state index contributed by atoms with van der Waals surface area (Å²) in [5.41, 5.74) is 5.29. The molecule has 1 unspecified atom stereocenters. The van der Waals surface area contributed by atoms with Crippen molar-refractivity contribution in [2.75, 3.05) is 6.54 Å². The predicted molar refractivity (Wildman–Crippen MR) is 52.6 cm³/mol. The van der Waals surface area contributed by atoms with Gasteiger partial charge in [-0.25, -0.2) is 4.79 Å². The van der Waals surface area contributed by atoms with Crippen LogP contribution in [0, 0.1) is 11.8 Å². The fourth-order valence-electron chi connectivity index (χ4n) is 0.916. The van der Waals surface area contributed by atoms with Gasteiger partial charge in [-0.1, -0.05) is 20.8 Å². The molecule has 0 fully saturated rings. The Labute approximate surface area is 83.7 Å². The number of aliphatic carboxylic acids is 1. The van der Waals surface area contributed by atoms with Crippen molar-refractivity contribution in [2.45, 2.75) is 26.8 Å². The Kier molecular flexibility index (Phi) is 5.15. The summed E-state index contributed by atoms with van der Waals surface area (Å²) in [6, 6.07) is -0.837. The molecule has 0 bridgehead atoms. The fraction of sp³-hybridized carbons (Fsp3) is 0.778. The number of carboxylic acids is 1. The number of rotatable bonds is 5. The summed E-state index contributed by atoms with van der Waals surface area (Å²) >= 11 is 0. The molecule has 14 heavy (non-hydrogen) atoms. The summed E-state index contributed by atoms with van der Waals surface area (Å²) in [5.74, 6) is -1.82. The summed E-state index contributed by atoms with van der Waals surface area (Å²) in [4.78, 5) is 22.1. The van der Waals surface area contributed by atoms with E-state index in [1.54, 1.807) is 20.8 Å². The van der Waals surface area contributed by atoms with Crippen LogP contribution >= 0.6 is 0 Å². The van der Waals surface area contributed by atoms with E-state index in [1.807, 2.05) is 0 Å². The van der Waals surface area contributed by atoms with Crippen molar-refractivity contribution in [3.05, 3.63) is 0 Å². The Hall–Kier alpha value is -1.10. The van der Waals surface area contributed by atoms with Crippen LogP contribution in [0.15, 0.2) is 0 Å². The third-order valence-electron chi connectivity index (χ3n) is 2.03. The first kappa shape index (κ1) is 12.9. The number of hydrogen-bond acceptors (Lipinski definition) is 3. The van der Waals surface area contributed by atoms with Gasteiger partial charge in [0.25, 0.3) is 0 Å². The highest BCUT2D eigenvalue weighted by Crippen LogP contribution is 2.03. The number of carbonyl (C=O) groups is 2. The average molecular weight is 202 g/mol. The van der Waals surface area contributed by atoms with Crippen LogP contribution in [0.5, 0.6) is 0 Å². The number of nitrogens with one attached hydrogen (secondary N) is 1. The highest BCUT2D eigenvalue weighted by Gasteiger charge is 2.24. The van der Waals surface area contributed by atoms with Crippen LogP contribution in [-0.2, 0) is 9.59 Å². The lowest BCUT2D eigenvalue weighted by atomic mass is 10.0. The van der Waals surface area contributed by atoms with Crippen LogP contribution in [0.3, 0.4) is 0 Å². The maximum absolute atomic E-state index is 11.3. The molecule has 2 atom stereocenters. The quantitative estimate of drug-likeness (QED) is 0.576.